The van der Waals surface area contributed by atoms with Crippen molar-refractivity contribution >= 4 is 11.7 Å². The first-order valence-corrected chi connectivity index (χ1v) is 6.08. The van der Waals surface area contributed by atoms with E-state index in [1.807, 2.05) is 4.90 Å². The first-order chi connectivity index (χ1) is 7.29. The van der Waals surface area contributed by atoms with E-state index in [0.29, 0.717) is 12.8 Å². The van der Waals surface area contributed by atoms with E-state index < -0.39 is 0 Å². The van der Waals surface area contributed by atoms with Crippen LogP contribution in [-0.2, 0) is 9.59 Å². The number of carbonyl (C=O) groups is 2. The molecule has 0 bridgehead atoms. The zero-order chi connectivity index (χ0) is 12.3. The second-order valence-electron chi connectivity index (χ2n) is 6.03. The quantitative estimate of drug-likeness (QED) is 0.739. The van der Waals surface area contributed by atoms with Gasteiger partial charge >= 0.3 is 0 Å². The average Bonchev–Trinajstić information content (AvgIpc) is 2.47. The second-order valence-corrected chi connectivity index (χ2v) is 6.03. The minimum atomic E-state index is 0.0282. The molecule has 1 heterocycles. The van der Waals surface area contributed by atoms with E-state index in [0.717, 1.165) is 19.4 Å². The van der Waals surface area contributed by atoms with Crippen molar-refractivity contribution in [2.45, 2.75) is 59.4 Å². The standard InChI is InChI=1S/C13H23NO2/c1-10(15)8-11-6-5-7-14(11)12(16)9-13(2,3)4/h11H,5-9H2,1-4H3. The van der Waals surface area contributed by atoms with E-state index in [9.17, 15) is 9.59 Å². The van der Waals surface area contributed by atoms with Crippen molar-refractivity contribution in [2.75, 3.05) is 6.54 Å². The van der Waals surface area contributed by atoms with Gasteiger partial charge in [-0.05, 0) is 25.2 Å². The van der Waals surface area contributed by atoms with Gasteiger partial charge < -0.3 is 4.90 Å². The summed E-state index contributed by atoms with van der Waals surface area (Å²) < 4.78 is 0. The van der Waals surface area contributed by atoms with Crippen molar-refractivity contribution in [3.05, 3.63) is 0 Å². The Labute approximate surface area is 98.2 Å². The van der Waals surface area contributed by atoms with Crippen molar-refractivity contribution in [1.82, 2.24) is 4.90 Å². The minimum absolute atomic E-state index is 0.0282. The van der Waals surface area contributed by atoms with Crippen LogP contribution in [0.5, 0.6) is 0 Å². The number of amides is 1. The molecular weight excluding hydrogens is 202 g/mol. The second kappa shape index (κ2) is 4.98. The third kappa shape index (κ3) is 3.95. The van der Waals surface area contributed by atoms with E-state index in [-0.39, 0.29) is 23.1 Å². The Balaban J connectivity index is 2.57. The van der Waals surface area contributed by atoms with E-state index in [1.165, 1.54) is 0 Å². The van der Waals surface area contributed by atoms with Gasteiger partial charge in [0.15, 0.2) is 0 Å². The van der Waals surface area contributed by atoms with Gasteiger partial charge in [0, 0.05) is 25.4 Å². The van der Waals surface area contributed by atoms with E-state index in [2.05, 4.69) is 20.8 Å². The van der Waals surface area contributed by atoms with Crippen LogP contribution in [0.4, 0.5) is 0 Å². The summed E-state index contributed by atoms with van der Waals surface area (Å²) in [7, 11) is 0. The highest BCUT2D eigenvalue weighted by molar-refractivity contribution is 5.80. The van der Waals surface area contributed by atoms with Gasteiger partial charge in [-0.15, -0.1) is 0 Å². The Morgan fingerprint density at radius 2 is 1.94 bits per heavy atom. The molecule has 92 valence electrons. The molecule has 1 aliphatic heterocycles. The summed E-state index contributed by atoms with van der Waals surface area (Å²) in [5.41, 5.74) is 0.0282. The Morgan fingerprint density at radius 3 is 2.44 bits per heavy atom. The van der Waals surface area contributed by atoms with Crippen LogP contribution in [0, 0.1) is 5.41 Å². The maximum atomic E-state index is 12.1. The number of ketones is 1. The highest BCUT2D eigenvalue weighted by atomic mass is 16.2. The fourth-order valence-corrected chi connectivity index (χ4v) is 2.26. The van der Waals surface area contributed by atoms with Gasteiger partial charge in [-0.25, -0.2) is 0 Å². The number of hydrogen-bond acceptors (Lipinski definition) is 2. The monoisotopic (exact) mass is 225 g/mol. The average molecular weight is 225 g/mol. The molecule has 0 aliphatic carbocycles. The lowest BCUT2D eigenvalue weighted by Gasteiger charge is -2.27. The molecule has 1 rings (SSSR count). The lowest BCUT2D eigenvalue weighted by atomic mass is 9.91. The van der Waals surface area contributed by atoms with Gasteiger partial charge in [-0.2, -0.15) is 0 Å². The predicted octanol–water partition coefficient (Wildman–Crippen LogP) is 2.39. The van der Waals surface area contributed by atoms with Crippen molar-refractivity contribution in [1.29, 1.82) is 0 Å². The summed E-state index contributed by atoms with van der Waals surface area (Å²) in [5.74, 6) is 0.386. The normalized spacial score (nSPS) is 21.2. The number of carbonyl (C=O) groups excluding carboxylic acids is 2. The maximum absolute atomic E-state index is 12.1. The van der Waals surface area contributed by atoms with E-state index >= 15 is 0 Å². The molecule has 1 aliphatic rings. The number of likely N-dealkylation sites (tertiary alicyclic amines) is 1. The lowest BCUT2D eigenvalue weighted by Crippen LogP contribution is -2.38. The molecule has 0 saturated carbocycles. The predicted molar refractivity (Wildman–Crippen MR) is 64.1 cm³/mol. The van der Waals surface area contributed by atoms with E-state index in [4.69, 9.17) is 0 Å². The molecule has 3 nitrogen and oxygen atoms in total. The van der Waals surface area contributed by atoms with E-state index in [1.54, 1.807) is 6.92 Å². The summed E-state index contributed by atoms with van der Waals surface area (Å²) in [6.07, 6.45) is 3.11. The largest absolute Gasteiger partial charge is 0.339 e. The highest BCUT2D eigenvalue weighted by Gasteiger charge is 2.31. The third-order valence-corrected chi connectivity index (χ3v) is 2.90. The molecule has 0 aromatic rings. The fourth-order valence-electron chi connectivity index (χ4n) is 2.26. The number of hydrogen-bond donors (Lipinski definition) is 0. The SMILES string of the molecule is CC(=O)CC1CCCN1C(=O)CC(C)(C)C. The molecule has 0 radical (unpaired) electrons. The molecule has 0 aromatic heterocycles. The molecule has 1 amide bonds. The molecule has 0 spiro atoms. The molecular formula is C13H23NO2. The van der Waals surface area contributed by atoms with Crippen molar-refractivity contribution in [3.63, 3.8) is 0 Å². The van der Waals surface area contributed by atoms with Gasteiger partial charge in [0.25, 0.3) is 0 Å². The summed E-state index contributed by atoms with van der Waals surface area (Å²) in [6.45, 7) is 8.64. The molecule has 16 heavy (non-hydrogen) atoms. The van der Waals surface area contributed by atoms with Crippen LogP contribution in [0.25, 0.3) is 0 Å². The minimum Gasteiger partial charge on any atom is -0.339 e. The molecule has 1 atom stereocenters. The summed E-state index contributed by atoms with van der Waals surface area (Å²) in [6, 6.07) is 0.160. The van der Waals surface area contributed by atoms with Crippen LogP contribution in [0.15, 0.2) is 0 Å². The van der Waals surface area contributed by atoms with Crippen LogP contribution < -0.4 is 0 Å². The summed E-state index contributed by atoms with van der Waals surface area (Å²) in [5, 5.41) is 0. The topological polar surface area (TPSA) is 37.4 Å². The Morgan fingerprint density at radius 1 is 1.31 bits per heavy atom. The Hall–Kier alpha value is -0.860. The van der Waals surface area contributed by atoms with Crippen LogP contribution in [0.3, 0.4) is 0 Å². The molecule has 1 fully saturated rings. The van der Waals surface area contributed by atoms with Crippen molar-refractivity contribution in [3.8, 4) is 0 Å². The third-order valence-electron chi connectivity index (χ3n) is 2.90. The molecule has 1 unspecified atom stereocenters. The van der Waals surface area contributed by atoms with Gasteiger partial charge in [0.05, 0.1) is 0 Å². The number of nitrogens with zero attached hydrogens (tertiary/aromatic N) is 1. The first kappa shape index (κ1) is 13.2. The Kier molecular flexibility index (Phi) is 4.11. The van der Waals surface area contributed by atoms with Gasteiger partial charge in [0.2, 0.25) is 5.91 Å². The lowest BCUT2D eigenvalue weighted by molar-refractivity contribution is -0.134. The van der Waals surface area contributed by atoms with Crippen LogP contribution in [-0.4, -0.2) is 29.2 Å². The first-order valence-electron chi connectivity index (χ1n) is 6.08. The summed E-state index contributed by atoms with van der Waals surface area (Å²) >= 11 is 0. The molecule has 0 aromatic carbocycles. The van der Waals surface area contributed by atoms with Gasteiger partial charge in [-0.3, -0.25) is 9.59 Å². The zero-order valence-corrected chi connectivity index (χ0v) is 10.9. The van der Waals surface area contributed by atoms with Crippen molar-refractivity contribution < 1.29 is 9.59 Å². The van der Waals surface area contributed by atoms with Crippen LogP contribution in [0.1, 0.15) is 53.4 Å². The molecule has 3 heteroatoms. The van der Waals surface area contributed by atoms with Gasteiger partial charge in [0.1, 0.15) is 5.78 Å². The fraction of sp³-hybridized carbons (Fsp3) is 0.846. The van der Waals surface area contributed by atoms with Crippen molar-refractivity contribution in [2.24, 2.45) is 5.41 Å². The highest BCUT2D eigenvalue weighted by Crippen LogP contribution is 2.26. The molecule has 0 N–H and O–H groups in total. The summed E-state index contributed by atoms with van der Waals surface area (Å²) in [4.78, 5) is 25.1. The van der Waals surface area contributed by atoms with Crippen LogP contribution in [0.2, 0.25) is 0 Å². The number of Topliss-reactive ketones (excluding diaryl/α,β-unsaturated/α-hetero) is 1. The zero-order valence-electron chi connectivity index (χ0n) is 10.9. The van der Waals surface area contributed by atoms with Crippen LogP contribution >= 0.6 is 0 Å². The smallest absolute Gasteiger partial charge is 0.223 e. The molecule has 1 saturated heterocycles. The maximum Gasteiger partial charge on any atom is 0.223 e. The Bertz CT molecular complexity index is 278. The number of rotatable bonds is 3. The van der Waals surface area contributed by atoms with Gasteiger partial charge in [-0.1, -0.05) is 20.8 Å².